The Labute approximate surface area is 72.4 Å². The van der Waals surface area contributed by atoms with Gasteiger partial charge >= 0.3 is 5.97 Å². The first-order valence-corrected chi connectivity index (χ1v) is 5.22. The number of rotatable bonds is 7. The summed E-state index contributed by atoms with van der Waals surface area (Å²) in [6, 6.07) is 0. The molecule has 0 aromatic rings. The molecule has 0 spiro atoms. The molecule has 0 rings (SSSR count). The van der Waals surface area contributed by atoms with Crippen LogP contribution in [0.2, 0.25) is 0 Å². The lowest BCUT2D eigenvalue weighted by molar-refractivity contribution is -0.136. The summed E-state index contributed by atoms with van der Waals surface area (Å²) in [5.41, 5.74) is 0. The Morgan fingerprint density at radius 3 is 2.64 bits per heavy atom. The van der Waals surface area contributed by atoms with Crippen LogP contribution in [0, 0.1) is 0 Å². The molecule has 0 aromatic carbocycles. The second-order valence-corrected chi connectivity index (χ2v) is 3.69. The van der Waals surface area contributed by atoms with Gasteiger partial charge in [-0.2, -0.15) is 11.8 Å². The standard InChI is InChI=1S/C8H16O2S/c1-2-3-4-6-11-7-5-8(9)10/h2-7H2,1H3,(H,9,10). The molecule has 11 heavy (non-hydrogen) atoms. The molecule has 0 bridgehead atoms. The minimum absolute atomic E-state index is 0.302. The van der Waals surface area contributed by atoms with Crippen LogP contribution in [0.15, 0.2) is 0 Å². The number of unbranched alkanes of at least 4 members (excludes halogenated alkanes) is 2. The second-order valence-electron chi connectivity index (χ2n) is 2.46. The Morgan fingerprint density at radius 2 is 2.09 bits per heavy atom. The Bertz CT molecular complexity index is 104. The third-order valence-electron chi connectivity index (χ3n) is 1.35. The van der Waals surface area contributed by atoms with Crippen LogP contribution in [0.25, 0.3) is 0 Å². The van der Waals surface area contributed by atoms with E-state index in [1.807, 2.05) is 0 Å². The minimum atomic E-state index is -0.687. The van der Waals surface area contributed by atoms with Gasteiger partial charge in [-0.25, -0.2) is 0 Å². The maximum Gasteiger partial charge on any atom is 0.304 e. The van der Waals surface area contributed by atoms with E-state index in [1.165, 1.54) is 19.3 Å². The number of hydrogen-bond donors (Lipinski definition) is 1. The van der Waals surface area contributed by atoms with Crippen LogP contribution in [-0.4, -0.2) is 22.6 Å². The van der Waals surface area contributed by atoms with Gasteiger partial charge in [-0.3, -0.25) is 4.79 Å². The van der Waals surface area contributed by atoms with Crippen molar-refractivity contribution in [2.75, 3.05) is 11.5 Å². The maximum absolute atomic E-state index is 10.1. The lowest BCUT2D eigenvalue weighted by Crippen LogP contribution is -1.96. The van der Waals surface area contributed by atoms with Crippen LogP contribution >= 0.6 is 11.8 Å². The molecular formula is C8H16O2S. The van der Waals surface area contributed by atoms with Gasteiger partial charge in [0.2, 0.25) is 0 Å². The van der Waals surface area contributed by atoms with Crippen molar-refractivity contribution in [3.8, 4) is 0 Å². The lowest BCUT2D eigenvalue weighted by atomic mass is 10.3. The maximum atomic E-state index is 10.1. The number of thioether (sulfide) groups is 1. The third kappa shape index (κ3) is 9.82. The number of aliphatic carboxylic acids is 1. The lowest BCUT2D eigenvalue weighted by Gasteiger charge is -1.97. The van der Waals surface area contributed by atoms with Crippen molar-refractivity contribution < 1.29 is 9.90 Å². The molecule has 0 aliphatic heterocycles. The van der Waals surface area contributed by atoms with Crippen molar-refractivity contribution in [2.45, 2.75) is 32.6 Å². The molecular weight excluding hydrogens is 160 g/mol. The molecule has 0 amide bonds. The molecule has 0 saturated heterocycles. The average Bonchev–Trinajstić information content (AvgIpc) is 1.96. The van der Waals surface area contributed by atoms with Crippen molar-refractivity contribution in [2.24, 2.45) is 0 Å². The van der Waals surface area contributed by atoms with E-state index < -0.39 is 5.97 Å². The first-order valence-electron chi connectivity index (χ1n) is 4.07. The summed E-state index contributed by atoms with van der Waals surface area (Å²) in [5.74, 6) is 1.19. The Balaban J connectivity index is 2.85. The van der Waals surface area contributed by atoms with Crippen LogP contribution in [0.3, 0.4) is 0 Å². The summed E-state index contributed by atoms with van der Waals surface area (Å²) in [7, 11) is 0. The zero-order valence-corrected chi connectivity index (χ0v) is 7.82. The van der Waals surface area contributed by atoms with Gasteiger partial charge in [0.25, 0.3) is 0 Å². The normalized spacial score (nSPS) is 9.91. The van der Waals surface area contributed by atoms with Crippen LogP contribution in [0.4, 0.5) is 0 Å². The Kier molecular flexibility index (Phi) is 7.79. The Morgan fingerprint density at radius 1 is 1.36 bits per heavy atom. The third-order valence-corrected chi connectivity index (χ3v) is 2.42. The van der Waals surface area contributed by atoms with Crippen molar-refractivity contribution >= 4 is 17.7 Å². The molecule has 0 radical (unpaired) electrons. The highest BCUT2D eigenvalue weighted by Gasteiger charge is 1.95. The summed E-state index contributed by atoms with van der Waals surface area (Å²) < 4.78 is 0. The van der Waals surface area contributed by atoms with E-state index in [0.29, 0.717) is 6.42 Å². The van der Waals surface area contributed by atoms with Crippen molar-refractivity contribution in [1.82, 2.24) is 0 Å². The van der Waals surface area contributed by atoms with E-state index >= 15 is 0 Å². The van der Waals surface area contributed by atoms with Crippen LogP contribution < -0.4 is 0 Å². The molecule has 0 aliphatic carbocycles. The SMILES string of the molecule is CCCCCSCCC(=O)O. The molecule has 0 fully saturated rings. The number of carboxylic acids is 1. The van der Waals surface area contributed by atoms with Crippen LogP contribution in [0.1, 0.15) is 32.6 Å². The van der Waals surface area contributed by atoms with Crippen molar-refractivity contribution in [1.29, 1.82) is 0 Å². The van der Waals surface area contributed by atoms with Gasteiger partial charge in [0.1, 0.15) is 0 Å². The van der Waals surface area contributed by atoms with Gasteiger partial charge in [-0.05, 0) is 12.2 Å². The fourth-order valence-corrected chi connectivity index (χ4v) is 1.65. The number of carboxylic acid groups (broad SMARTS) is 1. The highest BCUT2D eigenvalue weighted by Crippen LogP contribution is 2.07. The minimum Gasteiger partial charge on any atom is -0.481 e. The number of carbonyl (C=O) groups is 1. The summed E-state index contributed by atoms with van der Waals surface area (Å²) in [6.45, 7) is 2.17. The topological polar surface area (TPSA) is 37.3 Å². The smallest absolute Gasteiger partial charge is 0.304 e. The van der Waals surface area contributed by atoms with E-state index in [9.17, 15) is 4.79 Å². The molecule has 1 N–H and O–H groups in total. The average molecular weight is 176 g/mol. The highest BCUT2D eigenvalue weighted by atomic mass is 32.2. The number of hydrogen-bond acceptors (Lipinski definition) is 2. The summed E-state index contributed by atoms with van der Waals surface area (Å²) in [5, 5.41) is 8.30. The zero-order valence-electron chi connectivity index (χ0n) is 7.01. The van der Waals surface area contributed by atoms with E-state index in [2.05, 4.69) is 6.92 Å². The second kappa shape index (κ2) is 7.92. The van der Waals surface area contributed by atoms with Gasteiger partial charge in [0.15, 0.2) is 0 Å². The molecule has 0 unspecified atom stereocenters. The van der Waals surface area contributed by atoms with Gasteiger partial charge in [-0.1, -0.05) is 19.8 Å². The molecule has 66 valence electrons. The van der Waals surface area contributed by atoms with Gasteiger partial charge in [0.05, 0.1) is 6.42 Å². The van der Waals surface area contributed by atoms with Gasteiger partial charge in [-0.15, -0.1) is 0 Å². The van der Waals surface area contributed by atoms with Crippen molar-refractivity contribution in [3.63, 3.8) is 0 Å². The van der Waals surface area contributed by atoms with Gasteiger partial charge < -0.3 is 5.11 Å². The summed E-state index contributed by atoms with van der Waals surface area (Å²) >= 11 is 1.74. The summed E-state index contributed by atoms with van der Waals surface area (Å²) in [6.07, 6.45) is 4.02. The predicted molar refractivity (Wildman–Crippen MR) is 49.1 cm³/mol. The van der Waals surface area contributed by atoms with E-state index in [1.54, 1.807) is 11.8 Å². The molecule has 0 saturated carbocycles. The van der Waals surface area contributed by atoms with Gasteiger partial charge in [0, 0.05) is 5.75 Å². The molecule has 2 nitrogen and oxygen atoms in total. The zero-order chi connectivity index (χ0) is 8.53. The molecule has 0 heterocycles. The first-order chi connectivity index (χ1) is 5.27. The monoisotopic (exact) mass is 176 g/mol. The quantitative estimate of drug-likeness (QED) is 0.605. The summed E-state index contributed by atoms with van der Waals surface area (Å²) in [4.78, 5) is 10.1. The van der Waals surface area contributed by atoms with Crippen LogP contribution in [-0.2, 0) is 4.79 Å². The first kappa shape index (κ1) is 10.8. The predicted octanol–water partition coefficient (Wildman–Crippen LogP) is 2.38. The molecule has 3 heteroatoms. The van der Waals surface area contributed by atoms with Crippen molar-refractivity contribution in [3.05, 3.63) is 0 Å². The fraction of sp³-hybridized carbons (Fsp3) is 0.875. The largest absolute Gasteiger partial charge is 0.481 e. The molecule has 0 aliphatic rings. The van der Waals surface area contributed by atoms with E-state index in [0.717, 1.165) is 11.5 Å². The van der Waals surface area contributed by atoms with E-state index in [4.69, 9.17) is 5.11 Å². The highest BCUT2D eigenvalue weighted by molar-refractivity contribution is 7.99. The molecule has 0 atom stereocenters. The van der Waals surface area contributed by atoms with Crippen LogP contribution in [0.5, 0.6) is 0 Å². The fourth-order valence-electron chi connectivity index (χ4n) is 0.716. The Hall–Kier alpha value is -0.180. The molecule has 0 aromatic heterocycles. The van der Waals surface area contributed by atoms with E-state index in [-0.39, 0.29) is 0 Å².